The van der Waals surface area contributed by atoms with Crippen molar-refractivity contribution in [2.75, 3.05) is 18.9 Å². The van der Waals surface area contributed by atoms with Gasteiger partial charge in [0.1, 0.15) is 0 Å². The molecule has 3 heterocycles. The molecule has 8 heteroatoms. The van der Waals surface area contributed by atoms with Gasteiger partial charge in [-0.1, -0.05) is 30.0 Å². The topological polar surface area (TPSA) is 86.1 Å². The highest BCUT2D eigenvalue weighted by atomic mass is 32.2. The summed E-state index contributed by atoms with van der Waals surface area (Å²) in [5.74, 6) is 0.0418. The van der Waals surface area contributed by atoms with Gasteiger partial charge in [0.25, 0.3) is 5.56 Å². The molecule has 1 fully saturated rings. The molecule has 0 radical (unpaired) electrons. The molecule has 2 aromatic heterocycles. The molecule has 3 aromatic rings. The van der Waals surface area contributed by atoms with Crippen LogP contribution in [0.15, 0.2) is 58.6 Å². The van der Waals surface area contributed by atoms with Crippen LogP contribution >= 0.6 is 11.8 Å². The van der Waals surface area contributed by atoms with Crippen LogP contribution in [0.2, 0.25) is 0 Å². The highest BCUT2D eigenvalue weighted by Gasteiger charge is 2.18. The zero-order valence-corrected chi connectivity index (χ0v) is 16.0. The molecule has 1 amide bonds. The zero-order chi connectivity index (χ0) is 19.3. The molecule has 1 atom stereocenters. The monoisotopic (exact) mass is 396 g/mol. The molecular formula is C20H20N4O3S. The van der Waals surface area contributed by atoms with Crippen molar-refractivity contribution in [3.63, 3.8) is 0 Å². The van der Waals surface area contributed by atoms with Gasteiger partial charge in [0, 0.05) is 19.3 Å². The van der Waals surface area contributed by atoms with E-state index < -0.39 is 0 Å². The Bertz CT molecular complexity index is 1030. The normalized spacial score (nSPS) is 16.4. The molecule has 28 heavy (non-hydrogen) atoms. The maximum Gasteiger partial charge on any atom is 0.268 e. The minimum atomic E-state index is -0.202. The fourth-order valence-electron chi connectivity index (χ4n) is 3.12. The molecular weight excluding hydrogens is 376 g/mol. The number of nitrogens with zero attached hydrogens (tertiary/aromatic N) is 3. The third-order valence-corrected chi connectivity index (χ3v) is 5.45. The smallest absolute Gasteiger partial charge is 0.268 e. The first-order valence-electron chi connectivity index (χ1n) is 9.16. The number of hydrogen-bond donors (Lipinski definition) is 1. The number of amides is 1. The third kappa shape index (κ3) is 4.07. The Morgan fingerprint density at radius 2 is 2.11 bits per heavy atom. The van der Waals surface area contributed by atoms with Gasteiger partial charge in [0.2, 0.25) is 5.91 Å². The first-order valence-corrected chi connectivity index (χ1v) is 10.2. The lowest BCUT2D eigenvalue weighted by Crippen LogP contribution is -2.33. The Labute approximate surface area is 166 Å². The molecule has 0 bridgehead atoms. The second-order valence-corrected chi connectivity index (χ2v) is 7.42. The number of thioether (sulfide) groups is 1. The highest BCUT2D eigenvalue weighted by Crippen LogP contribution is 2.20. The number of carbonyl (C=O) groups is 1. The Hall–Kier alpha value is -2.71. The molecule has 144 valence electrons. The number of nitrogens with one attached hydrogen (secondary N) is 1. The minimum absolute atomic E-state index is 0.0967. The fourth-order valence-corrected chi connectivity index (χ4v) is 3.95. The number of carbonyl (C=O) groups excluding carboxylic acids is 1. The molecule has 0 saturated carbocycles. The van der Waals surface area contributed by atoms with Crippen LogP contribution in [-0.4, -0.2) is 45.5 Å². The number of para-hydroxylation sites is 1. The predicted molar refractivity (Wildman–Crippen MR) is 108 cm³/mol. The number of rotatable bonds is 6. The number of ether oxygens (including phenoxy) is 1. The zero-order valence-electron chi connectivity index (χ0n) is 15.2. The molecule has 0 spiro atoms. The summed E-state index contributed by atoms with van der Waals surface area (Å²) in [6.45, 7) is 1.27. The second kappa shape index (κ2) is 8.53. The van der Waals surface area contributed by atoms with Crippen molar-refractivity contribution in [1.82, 2.24) is 19.9 Å². The van der Waals surface area contributed by atoms with Crippen LogP contribution in [0.4, 0.5) is 0 Å². The van der Waals surface area contributed by atoms with Crippen molar-refractivity contribution < 1.29 is 9.53 Å². The molecule has 4 rings (SSSR count). The lowest BCUT2D eigenvalue weighted by Gasteiger charge is -2.13. The summed E-state index contributed by atoms with van der Waals surface area (Å²) in [5.41, 5.74) is 0.876. The van der Waals surface area contributed by atoms with Gasteiger partial charge in [0.05, 0.1) is 22.9 Å². The summed E-state index contributed by atoms with van der Waals surface area (Å²) in [5, 5.41) is 3.77. The van der Waals surface area contributed by atoms with Crippen molar-refractivity contribution in [2.45, 2.75) is 24.1 Å². The van der Waals surface area contributed by atoms with E-state index in [4.69, 9.17) is 4.74 Å². The molecule has 1 aliphatic heterocycles. The van der Waals surface area contributed by atoms with Gasteiger partial charge < -0.3 is 10.1 Å². The van der Waals surface area contributed by atoms with Crippen LogP contribution < -0.4 is 10.9 Å². The largest absolute Gasteiger partial charge is 0.376 e. The third-order valence-electron chi connectivity index (χ3n) is 4.51. The SMILES string of the molecule is O=C(CSc1nc2ncccc2c(=O)n1-c1ccccc1)NC[C@H]1CCCO1. The minimum Gasteiger partial charge on any atom is -0.376 e. The number of pyridine rings is 1. The van der Waals surface area contributed by atoms with E-state index in [0.29, 0.717) is 28.4 Å². The lowest BCUT2D eigenvalue weighted by molar-refractivity contribution is -0.119. The van der Waals surface area contributed by atoms with E-state index in [1.165, 1.54) is 16.3 Å². The molecule has 0 unspecified atom stereocenters. The van der Waals surface area contributed by atoms with Crippen LogP contribution in [-0.2, 0) is 9.53 Å². The summed E-state index contributed by atoms with van der Waals surface area (Å²) >= 11 is 1.22. The fraction of sp³-hybridized carbons (Fsp3) is 0.300. The van der Waals surface area contributed by atoms with E-state index in [9.17, 15) is 9.59 Å². The standard InChI is InChI=1S/C20H20N4O3S/c25-17(22-12-15-8-5-11-27-15)13-28-20-23-18-16(9-4-10-21-18)19(26)24(20)14-6-2-1-3-7-14/h1-4,6-7,9-10,15H,5,8,11-13H2,(H,22,25)/t15-/m1/s1. The predicted octanol–water partition coefficient (Wildman–Crippen LogP) is 2.17. The van der Waals surface area contributed by atoms with Gasteiger partial charge in [-0.25, -0.2) is 9.97 Å². The number of aromatic nitrogens is 3. The van der Waals surface area contributed by atoms with E-state index in [-0.39, 0.29) is 23.3 Å². The molecule has 1 N–H and O–H groups in total. The highest BCUT2D eigenvalue weighted by molar-refractivity contribution is 7.99. The summed E-state index contributed by atoms with van der Waals surface area (Å²) in [4.78, 5) is 34.0. The van der Waals surface area contributed by atoms with Gasteiger partial charge in [-0.05, 0) is 37.1 Å². The van der Waals surface area contributed by atoms with Crippen LogP contribution in [0.3, 0.4) is 0 Å². The first-order chi connectivity index (χ1) is 13.7. The van der Waals surface area contributed by atoms with Gasteiger partial charge in [-0.15, -0.1) is 0 Å². The number of benzene rings is 1. The quantitative estimate of drug-likeness (QED) is 0.508. The van der Waals surface area contributed by atoms with Crippen molar-refractivity contribution in [3.05, 3.63) is 59.0 Å². The van der Waals surface area contributed by atoms with Crippen molar-refractivity contribution >= 4 is 28.7 Å². The summed E-state index contributed by atoms with van der Waals surface area (Å²) in [6.07, 6.45) is 3.70. The Kier molecular flexibility index (Phi) is 5.68. The van der Waals surface area contributed by atoms with E-state index >= 15 is 0 Å². The Morgan fingerprint density at radius 1 is 1.25 bits per heavy atom. The van der Waals surface area contributed by atoms with E-state index in [1.807, 2.05) is 30.3 Å². The van der Waals surface area contributed by atoms with Gasteiger partial charge in [-0.3, -0.25) is 14.2 Å². The van der Waals surface area contributed by atoms with E-state index in [1.54, 1.807) is 18.3 Å². The van der Waals surface area contributed by atoms with E-state index in [2.05, 4.69) is 15.3 Å². The summed E-state index contributed by atoms with van der Waals surface area (Å²) < 4.78 is 7.05. The average Bonchev–Trinajstić information content (AvgIpc) is 3.25. The maximum absolute atomic E-state index is 13.0. The van der Waals surface area contributed by atoms with Gasteiger partial charge in [0.15, 0.2) is 10.8 Å². The van der Waals surface area contributed by atoms with Gasteiger partial charge >= 0.3 is 0 Å². The van der Waals surface area contributed by atoms with Crippen LogP contribution in [0.5, 0.6) is 0 Å². The van der Waals surface area contributed by atoms with Crippen molar-refractivity contribution in [1.29, 1.82) is 0 Å². The Morgan fingerprint density at radius 3 is 2.89 bits per heavy atom. The van der Waals surface area contributed by atoms with Crippen LogP contribution in [0.1, 0.15) is 12.8 Å². The molecule has 1 saturated heterocycles. The molecule has 7 nitrogen and oxygen atoms in total. The van der Waals surface area contributed by atoms with E-state index in [0.717, 1.165) is 19.4 Å². The van der Waals surface area contributed by atoms with Gasteiger partial charge in [-0.2, -0.15) is 0 Å². The number of hydrogen-bond acceptors (Lipinski definition) is 6. The second-order valence-electron chi connectivity index (χ2n) is 6.47. The summed E-state index contributed by atoms with van der Waals surface area (Å²) in [7, 11) is 0. The number of fused-ring (bicyclic) bond motifs is 1. The maximum atomic E-state index is 13.0. The first kappa shape index (κ1) is 18.6. The Balaban J connectivity index is 1.58. The molecule has 1 aliphatic rings. The molecule has 0 aliphatic carbocycles. The van der Waals surface area contributed by atoms with Crippen molar-refractivity contribution in [3.8, 4) is 5.69 Å². The van der Waals surface area contributed by atoms with Crippen molar-refractivity contribution in [2.24, 2.45) is 0 Å². The van der Waals surface area contributed by atoms with Crippen LogP contribution in [0, 0.1) is 0 Å². The molecule has 1 aromatic carbocycles. The summed E-state index contributed by atoms with van der Waals surface area (Å²) in [6, 6.07) is 12.7. The van der Waals surface area contributed by atoms with Crippen LogP contribution in [0.25, 0.3) is 16.7 Å². The average molecular weight is 396 g/mol. The lowest BCUT2D eigenvalue weighted by atomic mass is 10.2.